The van der Waals surface area contributed by atoms with Crippen LogP contribution in [0.3, 0.4) is 0 Å². The summed E-state index contributed by atoms with van der Waals surface area (Å²) in [6, 6.07) is 2.86. The standard InChI is InChI=1S/C17H14BrN3O5/c1-26-15-11(18)4-8(5-12(15)21(24)25)7-19-20-16(22)13-9-2-3-10(6-9)14(13)17(20)23/h2-5,7,9-10,13-14H,6H2,1H3. The number of methoxy groups -OCH3 is 1. The van der Waals surface area contributed by atoms with Crippen LogP contribution >= 0.6 is 15.9 Å². The van der Waals surface area contributed by atoms with Crippen LogP contribution in [0.15, 0.2) is 33.9 Å². The Kier molecular flexibility index (Phi) is 3.91. The number of ether oxygens (including phenoxy) is 1. The van der Waals surface area contributed by atoms with E-state index in [0.29, 0.717) is 10.0 Å². The molecular formula is C17H14BrN3O5. The molecule has 4 unspecified atom stereocenters. The highest BCUT2D eigenvalue weighted by atomic mass is 79.9. The second-order valence-electron chi connectivity index (χ2n) is 6.54. The van der Waals surface area contributed by atoms with Gasteiger partial charge < -0.3 is 4.74 Å². The van der Waals surface area contributed by atoms with Crippen molar-refractivity contribution in [1.29, 1.82) is 0 Å². The summed E-state index contributed by atoms with van der Waals surface area (Å²) in [5, 5.41) is 16.1. The molecule has 0 N–H and O–H groups in total. The van der Waals surface area contributed by atoms with Gasteiger partial charge in [-0.1, -0.05) is 12.2 Å². The van der Waals surface area contributed by atoms with Crippen LogP contribution in [0, 0.1) is 33.8 Å². The third-order valence-corrected chi connectivity index (χ3v) is 5.81. The topological polar surface area (TPSA) is 102 Å². The fourth-order valence-electron chi connectivity index (χ4n) is 4.14. The fraction of sp³-hybridized carbons (Fsp3) is 0.353. The molecule has 2 bridgehead atoms. The average molecular weight is 420 g/mol. The van der Waals surface area contributed by atoms with Gasteiger partial charge in [0.2, 0.25) is 5.75 Å². The van der Waals surface area contributed by atoms with Crippen LogP contribution in [0.1, 0.15) is 12.0 Å². The van der Waals surface area contributed by atoms with E-state index in [9.17, 15) is 19.7 Å². The molecular weight excluding hydrogens is 406 g/mol. The van der Waals surface area contributed by atoms with Crippen LogP contribution in [-0.4, -0.2) is 35.1 Å². The Bertz CT molecular complexity index is 867. The molecule has 2 fully saturated rings. The van der Waals surface area contributed by atoms with Gasteiger partial charge in [-0.25, -0.2) is 0 Å². The number of nitro groups is 1. The lowest BCUT2D eigenvalue weighted by atomic mass is 9.85. The number of imide groups is 1. The van der Waals surface area contributed by atoms with E-state index in [-0.39, 0.29) is 46.9 Å². The first-order chi connectivity index (χ1) is 12.4. The van der Waals surface area contributed by atoms with Crippen LogP contribution in [0.5, 0.6) is 5.75 Å². The number of carbonyl (C=O) groups is 2. The van der Waals surface area contributed by atoms with Crippen molar-refractivity contribution in [3.05, 3.63) is 44.4 Å². The molecule has 1 heterocycles. The Labute approximate surface area is 156 Å². The molecule has 3 aliphatic rings. The molecule has 4 rings (SSSR count). The lowest BCUT2D eigenvalue weighted by Gasteiger charge is -2.13. The summed E-state index contributed by atoms with van der Waals surface area (Å²) in [5.41, 5.74) is 0.143. The van der Waals surface area contributed by atoms with Crippen LogP contribution in [-0.2, 0) is 9.59 Å². The fourth-order valence-corrected chi connectivity index (χ4v) is 4.77. The highest BCUT2D eigenvalue weighted by Crippen LogP contribution is 2.52. The van der Waals surface area contributed by atoms with Crippen LogP contribution in [0.2, 0.25) is 0 Å². The number of nitro benzene ring substituents is 1. The lowest BCUT2D eigenvalue weighted by Crippen LogP contribution is -2.28. The van der Waals surface area contributed by atoms with Crippen molar-refractivity contribution < 1.29 is 19.2 Å². The number of halogens is 1. The molecule has 134 valence electrons. The predicted molar refractivity (Wildman–Crippen MR) is 94.5 cm³/mol. The summed E-state index contributed by atoms with van der Waals surface area (Å²) in [6.45, 7) is 0. The molecule has 26 heavy (non-hydrogen) atoms. The second-order valence-corrected chi connectivity index (χ2v) is 7.40. The number of fused-ring (bicyclic) bond motifs is 5. The molecule has 1 aliphatic heterocycles. The minimum atomic E-state index is -0.569. The van der Waals surface area contributed by atoms with Gasteiger partial charge >= 0.3 is 5.69 Å². The Balaban J connectivity index is 1.62. The SMILES string of the molecule is COc1c(Br)cc(C=NN2C(=O)C3C4C=CC(C4)C3C2=O)cc1[N+](=O)[O-]. The predicted octanol–water partition coefficient (Wildman–Crippen LogP) is 2.51. The number of hydrazone groups is 1. The zero-order valence-corrected chi connectivity index (χ0v) is 15.3. The molecule has 8 nitrogen and oxygen atoms in total. The zero-order valence-electron chi connectivity index (χ0n) is 13.7. The molecule has 9 heteroatoms. The number of amides is 2. The van der Waals surface area contributed by atoms with Crippen LogP contribution < -0.4 is 4.74 Å². The second kappa shape index (κ2) is 6.01. The highest BCUT2D eigenvalue weighted by molar-refractivity contribution is 9.10. The van der Waals surface area contributed by atoms with Gasteiger partial charge in [0.25, 0.3) is 11.8 Å². The molecule has 2 aliphatic carbocycles. The lowest BCUT2D eigenvalue weighted by molar-refractivity contribution is -0.385. The molecule has 2 amide bonds. The van der Waals surface area contributed by atoms with Crippen molar-refractivity contribution in [1.82, 2.24) is 5.01 Å². The van der Waals surface area contributed by atoms with Crippen molar-refractivity contribution in [3.63, 3.8) is 0 Å². The van der Waals surface area contributed by atoms with Crippen molar-refractivity contribution >= 4 is 39.6 Å². The number of carbonyl (C=O) groups excluding carboxylic acids is 2. The Hall–Kier alpha value is -2.55. The summed E-state index contributed by atoms with van der Waals surface area (Å²) in [4.78, 5) is 35.8. The van der Waals surface area contributed by atoms with Crippen LogP contribution in [0.25, 0.3) is 0 Å². The van der Waals surface area contributed by atoms with Crippen molar-refractivity contribution in [2.24, 2.45) is 28.8 Å². The van der Waals surface area contributed by atoms with E-state index in [1.54, 1.807) is 6.07 Å². The van der Waals surface area contributed by atoms with Gasteiger partial charge in [0.05, 0.1) is 34.6 Å². The summed E-state index contributed by atoms with van der Waals surface area (Å²) < 4.78 is 5.41. The first kappa shape index (κ1) is 16.9. The van der Waals surface area contributed by atoms with Gasteiger partial charge in [-0.05, 0) is 40.3 Å². The molecule has 1 saturated heterocycles. The van der Waals surface area contributed by atoms with Crippen molar-refractivity contribution in [2.75, 3.05) is 7.11 Å². The normalized spacial score (nSPS) is 29.1. The summed E-state index contributed by atoms with van der Waals surface area (Å²) >= 11 is 3.22. The van der Waals surface area contributed by atoms with Crippen molar-refractivity contribution in [3.8, 4) is 5.75 Å². The van der Waals surface area contributed by atoms with E-state index >= 15 is 0 Å². The first-order valence-electron chi connectivity index (χ1n) is 8.04. The quantitative estimate of drug-likeness (QED) is 0.245. The molecule has 1 saturated carbocycles. The maximum absolute atomic E-state index is 12.6. The smallest absolute Gasteiger partial charge is 0.312 e. The first-order valence-corrected chi connectivity index (χ1v) is 8.83. The number of benzene rings is 1. The summed E-state index contributed by atoms with van der Waals surface area (Å²) in [6.07, 6.45) is 6.15. The number of rotatable bonds is 4. The maximum Gasteiger partial charge on any atom is 0.312 e. The molecule has 0 radical (unpaired) electrons. The monoisotopic (exact) mass is 419 g/mol. The Morgan fingerprint density at radius 2 is 1.88 bits per heavy atom. The highest BCUT2D eigenvalue weighted by Gasteiger charge is 2.59. The minimum absolute atomic E-state index is 0.0951. The Morgan fingerprint density at radius 3 is 2.42 bits per heavy atom. The zero-order chi connectivity index (χ0) is 18.6. The molecule has 1 aromatic rings. The van der Waals surface area contributed by atoms with E-state index in [2.05, 4.69) is 21.0 Å². The van der Waals surface area contributed by atoms with Gasteiger partial charge in [0.1, 0.15) is 0 Å². The van der Waals surface area contributed by atoms with Gasteiger partial charge in [-0.3, -0.25) is 19.7 Å². The van der Waals surface area contributed by atoms with Crippen molar-refractivity contribution in [2.45, 2.75) is 6.42 Å². The van der Waals surface area contributed by atoms with Gasteiger partial charge in [0, 0.05) is 11.6 Å². The maximum atomic E-state index is 12.6. The molecule has 0 aromatic heterocycles. The molecule has 0 spiro atoms. The third kappa shape index (κ3) is 2.38. The number of nitrogens with zero attached hydrogens (tertiary/aromatic N) is 3. The molecule has 1 aromatic carbocycles. The molecule has 4 atom stereocenters. The number of hydrogen-bond acceptors (Lipinski definition) is 6. The van der Waals surface area contributed by atoms with Crippen LogP contribution in [0.4, 0.5) is 5.69 Å². The average Bonchev–Trinajstić information content (AvgIpc) is 3.27. The Morgan fingerprint density at radius 1 is 1.27 bits per heavy atom. The largest absolute Gasteiger partial charge is 0.489 e. The van der Waals surface area contributed by atoms with Gasteiger partial charge in [-0.2, -0.15) is 10.1 Å². The van der Waals surface area contributed by atoms with E-state index in [1.807, 2.05) is 12.2 Å². The van der Waals surface area contributed by atoms with E-state index in [4.69, 9.17) is 4.74 Å². The van der Waals surface area contributed by atoms with E-state index in [0.717, 1.165) is 11.4 Å². The van der Waals surface area contributed by atoms with E-state index in [1.165, 1.54) is 19.4 Å². The minimum Gasteiger partial charge on any atom is -0.489 e. The summed E-state index contributed by atoms with van der Waals surface area (Å²) in [7, 11) is 1.34. The van der Waals surface area contributed by atoms with Gasteiger partial charge in [-0.15, -0.1) is 0 Å². The van der Waals surface area contributed by atoms with E-state index < -0.39 is 4.92 Å². The number of hydrogen-bond donors (Lipinski definition) is 0. The number of allylic oxidation sites excluding steroid dienone is 2. The summed E-state index contributed by atoms with van der Waals surface area (Å²) in [5.74, 6) is -0.933. The third-order valence-electron chi connectivity index (χ3n) is 5.22. The van der Waals surface area contributed by atoms with Gasteiger partial charge in [0.15, 0.2) is 0 Å².